The number of aliphatic hydroxyl groups is 3. The summed E-state index contributed by atoms with van der Waals surface area (Å²) in [5.41, 5.74) is -1.73. The molecule has 1 aliphatic heterocycles. The number of aromatic nitrogens is 2. The second-order valence-electron chi connectivity index (χ2n) is 3.67. The van der Waals surface area contributed by atoms with E-state index in [9.17, 15) is 19.8 Å². The van der Waals surface area contributed by atoms with Crippen molar-refractivity contribution in [3.63, 3.8) is 0 Å². The largest absolute Gasteiger partial charge is 0.394 e. The Morgan fingerprint density at radius 1 is 1.47 bits per heavy atom. The third kappa shape index (κ3) is 2.03. The van der Waals surface area contributed by atoms with Crippen LogP contribution in [0.25, 0.3) is 0 Å². The summed E-state index contributed by atoms with van der Waals surface area (Å²) in [5.74, 6) is 0. The summed E-state index contributed by atoms with van der Waals surface area (Å²) in [6, 6.07) is -0.479. The van der Waals surface area contributed by atoms with Crippen LogP contribution in [0.15, 0.2) is 21.8 Å². The molecule has 0 spiro atoms. The average molecular weight is 250 g/mol. The molecule has 94 valence electrons. The standard InChI is InChI=1S/C9H12N2O6/c12-3-4-6(14)7(15)8(17-4)11-2-1-5(13)10-9(11)16/h1-2,4,6-8,12,14-15H,3H2,(H,10,13,16)/t4-,6+,7-,8-/m1/s1/i1D,3+1,4+1,6+1,7+1,8+1. The van der Waals surface area contributed by atoms with Crippen LogP contribution in [0.1, 0.15) is 7.60 Å². The zero-order valence-corrected chi connectivity index (χ0v) is 8.61. The molecule has 1 fully saturated rings. The highest BCUT2D eigenvalue weighted by atomic mass is 16.8. The smallest absolute Gasteiger partial charge is 0.330 e. The number of aliphatic hydroxyl groups excluding tert-OH is 3. The number of hydrogen-bond acceptors (Lipinski definition) is 6. The minimum absolute atomic E-state index is 0.479. The molecule has 17 heavy (non-hydrogen) atoms. The summed E-state index contributed by atoms with van der Waals surface area (Å²) in [5, 5.41) is 28.1. The molecule has 0 radical (unpaired) electrons. The normalized spacial score (nSPS) is 33.7. The van der Waals surface area contributed by atoms with Crippen LogP contribution in [0.3, 0.4) is 0 Å². The molecular formula is C9H12N2O6. The molecule has 2 rings (SSSR count). The first kappa shape index (κ1) is 10.7. The number of ether oxygens (including phenoxy) is 1. The number of nitrogens with one attached hydrogen (secondary N) is 1. The maximum absolute atomic E-state index is 11.5. The molecule has 1 aliphatic rings. The summed E-state index contributed by atoms with van der Waals surface area (Å²) in [7, 11) is 0. The number of aromatic amines is 1. The van der Waals surface area contributed by atoms with Gasteiger partial charge in [0.05, 0.1) is 7.98 Å². The second-order valence-corrected chi connectivity index (χ2v) is 3.67. The van der Waals surface area contributed by atoms with Crippen molar-refractivity contribution in [2.75, 3.05) is 6.61 Å². The Morgan fingerprint density at radius 2 is 2.18 bits per heavy atom. The third-order valence-electron chi connectivity index (χ3n) is 2.58. The Hall–Kier alpha value is -1.48. The van der Waals surface area contributed by atoms with Gasteiger partial charge in [-0.1, -0.05) is 0 Å². The zero-order chi connectivity index (χ0) is 13.4. The van der Waals surface area contributed by atoms with Gasteiger partial charge < -0.3 is 20.1 Å². The Morgan fingerprint density at radius 3 is 2.76 bits per heavy atom. The van der Waals surface area contributed by atoms with Crippen LogP contribution in [-0.2, 0) is 4.74 Å². The van der Waals surface area contributed by atoms with Crippen LogP contribution in [-0.4, -0.2) is 49.8 Å². The Balaban J connectivity index is 2.42. The van der Waals surface area contributed by atoms with E-state index in [1.165, 1.54) is 0 Å². The van der Waals surface area contributed by atoms with E-state index in [4.69, 9.17) is 11.2 Å². The lowest BCUT2D eigenvalue weighted by atomic mass is 10.6. The third-order valence-corrected chi connectivity index (χ3v) is 2.58. The molecule has 0 bridgehead atoms. The maximum atomic E-state index is 11.5. The highest BCUT2D eigenvalue weighted by Gasteiger charge is 2.43. The number of nitrogens with zero attached hydrogens (tertiary/aromatic N) is 1. The summed E-state index contributed by atoms with van der Waals surface area (Å²) >= 11 is 0. The molecule has 1 aromatic rings. The molecule has 0 unspecified atom stereocenters. The average Bonchev–Trinajstić information content (AvgIpc) is 2.61. The van der Waals surface area contributed by atoms with Crippen molar-refractivity contribution >= 4 is 0 Å². The minimum atomic E-state index is -1.44. The van der Waals surface area contributed by atoms with E-state index in [-0.39, 0.29) is 0 Å². The summed E-state index contributed by atoms with van der Waals surface area (Å²) in [6.07, 6.45) is -4.18. The van der Waals surface area contributed by atoms with Crippen molar-refractivity contribution in [2.24, 2.45) is 0 Å². The van der Waals surface area contributed by atoms with E-state index < -0.39 is 48.4 Å². The number of hydrogen-bond donors (Lipinski definition) is 4. The van der Waals surface area contributed by atoms with Crippen molar-refractivity contribution < 1.29 is 21.4 Å². The molecular weight excluding hydrogens is 237 g/mol. The highest BCUT2D eigenvalue weighted by Crippen LogP contribution is 2.27. The summed E-state index contributed by atoms with van der Waals surface area (Å²) in [4.78, 5) is 24.4. The highest BCUT2D eigenvalue weighted by molar-refractivity contribution is 4.92. The number of H-pyrrole nitrogens is 1. The topological polar surface area (TPSA) is 125 Å². The second kappa shape index (κ2) is 4.41. The lowest BCUT2D eigenvalue weighted by Gasteiger charge is -2.16. The van der Waals surface area contributed by atoms with Crippen molar-refractivity contribution in [3.05, 3.63) is 33.1 Å². The van der Waals surface area contributed by atoms with Gasteiger partial charge in [0.25, 0.3) is 5.56 Å². The van der Waals surface area contributed by atoms with Gasteiger partial charge in [-0.3, -0.25) is 14.3 Å². The van der Waals surface area contributed by atoms with Crippen LogP contribution < -0.4 is 11.2 Å². The number of rotatable bonds is 2. The molecule has 1 saturated heterocycles. The van der Waals surface area contributed by atoms with Crippen molar-refractivity contribution in [3.8, 4) is 0 Å². The summed E-state index contributed by atoms with van der Waals surface area (Å²) < 4.78 is 13.2. The summed E-state index contributed by atoms with van der Waals surface area (Å²) in [6.45, 7) is -0.527. The van der Waals surface area contributed by atoms with Crippen molar-refractivity contribution in [2.45, 2.75) is 24.5 Å². The molecule has 0 saturated carbocycles. The van der Waals surface area contributed by atoms with Crippen molar-refractivity contribution in [1.82, 2.24) is 9.55 Å². The van der Waals surface area contributed by atoms with Gasteiger partial charge in [0.15, 0.2) is 6.23 Å². The van der Waals surface area contributed by atoms with E-state index in [1.807, 2.05) is 4.98 Å². The van der Waals surface area contributed by atoms with Gasteiger partial charge in [-0.15, -0.1) is 0 Å². The quantitative estimate of drug-likeness (QED) is 0.419. The molecule has 4 N–H and O–H groups in total. The molecule has 0 aromatic carbocycles. The predicted molar refractivity (Wildman–Crippen MR) is 54.3 cm³/mol. The first-order valence-corrected chi connectivity index (χ1v) is 4.90. The SMILES string of the molecule is [2H]c1cn([13C@@H]2O[13C@H]([13CH2]O)[13C@H](O)[13C@H]2O)c(=O)[nH]c1=O. The predicted octanol–water partition coefficient (Wildman–Crippen LogP) is -2.85. The van der Waals surface area contributed by atoms with Gasteiger partial charge in [0, 0.05) is 12.2 Å². The molecule has 8 nitrogen and oxygen atoms in total. The van der Waals surface area contributed by atoms with Gasteiger partial charge in [-0.2, -0.15) is 0 Å². The van der Waals surface area contributed by atoms with E-state index in [1.54, 1.807) is 0 Å². The van der Waals surface area contributed by atoms with Crippen LogP contribution in [0, 0.1) is 0 Å². The monoisotopic (exact) mass is 250 g/mol. The molecule has 0 aliphatic carbocycles. The first-order valence-electron chi connectivity index (χ1n) is 5.40. The lowest BCUT2D eigenvalue weighted by molar-refractivity contribution is -0.0550. The Kier molecular flexibility index (Phi) is 2.77. The molecule has 8 heteroatoms. The fraction of sp³-hybridized carbons (Fsp3) is 0.556. The fourth-order valence-electron chi connectivity index (χ4n) is 1.68. The van der Waals surface area contributed by atoms with Crippen LogP contribution in [0.2, 0.25) is 0 Å². The Bertz CT molecular complexity index is 555. The molecule has 1 aromatic heterocycles. The van der Waals surface area contributed by atoms with Crippen molar-refractivity contribution in [1.29, 1.82) is 0 Å². The van der Waals surface area contributed by atoms with Gasteiger partial charge >= 0.3 is 5.69 Å². The van der Waals surface area contributed by atoms with Crippen LogP contribution in [0.4, 0.5) is 0 Å². The van der Waals surface area contributed by atoms with E-state index in [0.29, 0.717) is 0 Å². The van der Waals surface area contributed by atoms with Gasteiger partial charge in [-0.05, 0) is 0 Å². The first-order chi connectivity index (χ1) is 8.45. The van der Waals surface area contributed by atoms with Gasteiger partial charge in [-0.25, -0.2) is 4.79 Å². The maximum Gasteiger partial charge on any atom is 0.330 e. The van der Waals surface area contributed by atoms with Crippen LogP contribution in [0.5, 0.6) is 0 Å². The fourth-order valence-corrected chi connectivity index (χ4v) is 1.68. The van der Waals surface area contributed by atoms with Gasteiger partial charge in [0.2, 0.25) is 0 Å². The van der Waals surface area contributed by atoms with E-state index >= 15 is 0 Å². The van der Waals surface area contributed by atoms with Gasteiger partial charge in [0.1, 0.15) is 18.3 Å². The molecule has 0 amide bonds. The lowest BCUT2D eigenvalue weighted by Crippen LogP contribution is -2.37. The molecule has 2 heterocycles. The Labute approximate surface area is 96.1 Å². The molecule has 4 atom stereocenters. The minimum Gasteiger partial charge on any atom is -0.394 e. The van der Waals surface area contributed by atoms with E-state index in [0.717, 1.165) is 10.8 Å². The van der Waals surface area contributed by atoms with E-state index in [2.05, 4.69) is 0 Å². The van der Waals surface area contributed by atoms with Crippen LogP contribution >= 0.6 is 0 Å². The zero-order valence-electron chi connectivity index (χ0n) is 9.61.